The summed E-state index contributed by atoms with van der Waals surface area (Å²) in [5.41, 5.74) is 1.92. The minimum atomic E-state index is -0.591. The van der Waals surface area contributed by atoms with E-state index in [1.54, 1.807) is 30.3 Å². The Morgan fingerprint density at radius 2 is 2.03 bits per heavy atom. The summed E-state index contributed by atoms with van der Waals surface area (Å²) in [6.45, 7) is -0.214. The Kier molecular flexibility index (Phi) is 7.22. The van der Waals surface area contributed by atoms with E-state index >= 15 is 0 Å². The van der Waals surface area contributed by atoms with E-state index in [-0.39, 0.29) is 55.8 Å². The lowest BCUT2D eigenvalue weighted by Gasteiger charge is -2.37. The summed E-state index contributed by atoms with van der Waals surface area (Å²) < 4.78 is 30.6. The molecular formula is C24H27FN2O6. The molecule has 1 saturated heterocycles. The molecule has 4 atom stereocenters. The predicted molar refractivity (Wildman–Crippen MR) is 117 cm³/mol. The van der Waals surface area contributed by atoms with Gasteiger partial charge in [0, 0.05) is 36.4 Å². The molecule has 33 heavy (non-hydrogen) atoms. The number of hydrogen-bond donors (Lipinski definition) is 3. The maximum Gasteiger partial charge on any atom is 0.250 e. The Morgan fingerprint density at radius 1 is 1.21 bits per heavy atom. The molecule has 4 rings (SSSR count). The number of aliphatic hydroxyl groups is 1. The quantitative estimate of drug-likeness (QED) is 0.560. The zero-order chi connectivity index (χ0) is 23.4. The first-order chi connectivity index (χ1) is 16.0. The maximum atomic E-state index is 13.8. The van der Waals surface area contributed by atoms with Crippen LogP contribution in [0.1, 0.15) is 29.9 Å². The third kappa shape index (κ3) is 5.32. The van der Waals surface area contributed by atoms with Gasteiger partial charge >= 0.3 is 0 Å². The molecular weight excluding hydrogens is 431 g/mol. The molecule has 2 aromatic carbocycles. The van der Waals surface area contributed by atoms with E-state index in [1.165, 1.54) is 13.2 Å². The van der Waals surface area contributed by atoms with Crippen LogP contribution in [0.15, 0.2) is 42.5 Å². The van der Waals surface area contributed by atoms with Gasteiger partial charge in [0.1, 0.15) is 30.4 Å². The van der Waals surface area contributed by atoms with Gasteiger partial charge in [0.2, 0.25) is 11.8 Å². The predicted octanol–water partition coefficient (Wildman–Crippen LogP) is 2.11. The number of rotatable bonds is 8. The van der Waals surface area contributed by atoms with E-state index in [4.69, 9.17) is 14.2 Å². The lowest BCUT2D eigenvalue weighted by molar-refractivity contribution is -0.142. The van der Waals surface area contributed by atoms with E-state index in [9.17, 15) is 19.1 Å². The zero-order valence-electron chi connectivity index (χ0n) is 18.3. The van der Waals surface area contributed by atoms with E-state index in [0.29, 0.717) is 23.4 Å². The van der Waals surface area contributed by atoms with Crippen molar-refractivity contribution in [3.05, 3.63) is 59.4 Å². The van der Waals surface area contributed by atoms with Gasteiger partial charge in [-0.05, 0) is 30.7 Å². The summed E-state index contributed by atoms with van der Waals surface area (Å²) in [5.74, 6) is -0.338. The average molecular weight is 458 g/mol. The SMILES string of the molecule is COCC(=O)Nc1ccc2c(c1)[C@@H]1C[C@H](CC(=O)NCc3ccccc3F)O[C@@H](CO)[C@@H]1O2. The van der Waals surface area contributed by atoms with Crippen LogP contribution in [0.5, 0.6) is 5.75 Å². The van der Waals surface area contributed by atoms with E-state index in [0.717, 1.165) is 5.56 Å². The molecule has 2 heterocycles. The number of anilines is 1. The third-order valence-corrected chi connectivity index (χ3v) is 5.91. The Morgan fingerprint density at radius 3 is 2.79 bits per heavy atom. The van der Waals surface area contributed by atoms with Crippen LogP contribution in [0.4, 0.5) is 10.1 Å². The highest BCUT2D eigenvalue weighted by atomic mass is 19.1. The molecule has 2 amide bonds. The molecule has 1 fully saturated rings. The van der Waals surface area contributed by atoms with Gasteiger partial charge in [0.05, 0.1) is 19.1 Å². The van der Waals surface area contributed by atoms with Crippen LogP contribution in [-0.4, -0.2) is 55.6 Å². The molecule has 9 heteroatoms. The minimum absolute atomic E-state index is 0.0515. The molecule has 8 nitrogen and oxygen atoms in total. The molecule has 0 spiro atoms. The molecule has 0 aromatic heterocycles. The lowest BCUT2D eigenvalue weighted by atomic mass is 9.84. The molecule has 3 N–H and O–H groups in total. The van der Waals surface area contributed by atoms with Crippen molar-refractivity contribution in [2.45, 2.75) is 43.6 Å². The Bertz CT molecular complexity index is 1020. The van der Waals surface area contributed by atoms with Crippen molar-refractivity contribution in [2.24, 2.45) is 0 Å². The first-order valence-corrected chi connectivity index (χ1v) is 10.8. The molecule has 176 valence electrons. The first-order valence-electron chi connectivity index (χ1n) is 10.8. The average Bonchev–Trinajstić information content (AvgIpc) is 3.16. The van der Waals surface area contributed by atoms with Gasteiger partial charge in [0.15, 0.2) is 0 Å². The number of ether oxygens (including phenoxy) is 3. The van der Waals surface area contributed by atoms with Crippen LogP contribution in [0.2, 0.25) is 0 Å². The molecule has 0 unspecified atom stereocenters. The summed E-state index contributed by atoms with van der Waals surface area (Å²) in [7, 11) is 1.45. The number of carbonyl (C=O) groups excluding carboxylic acids is 2. The highest BCUT2D eigenvalue weighted by Crippen LogP contribution is 2.47. The highest BCUT2D eigenvalue weighted by molar-refractivity contribution is 5.92. The Hall–Kier alpha value is -3.01. The van der Waals surface area contributed by atoms with Gasteiger partial charge in [0.25, 0.3) is 0 Å². The van der Waals surface area contributed by atoms with Gasteiger partial charge in [-0.3, -0.25) is 9.59 Å². The summed E-state index contributed by atoms with van der Waals surface area (Å²) in [4.78, 5) is 24.4. The monoisotopic (exact) mass is 458 g/mol. The Labute approximate surface area is 191 Å². The minimum Gasteiger partial charge on any atom is -0.487 e. The molecule has 2 aliphatic heterocycles. The third-order valence-electron chi connectivity index (χ3n) is 5.91. The number of methoxy groups -OCH3 is 1. The van der Waals surface area contributed by atoms with Crippen LogP contribution in [0, 0.1) is 5.82 Å². The van der Waals surface area contributed by atoms with E-state index < -0.39 is 12.2 Å². The van der Waals surface area contributed by atoms with Crippen LogP contribution in [-0.2, 0) is 25.6 Å². The summed E-state index contributed by atoms with van der Waals surface area (Å²) >= 11 is 0. The van der Waals surface area contributed by atoms with Crippen molar-refractivity contribution in [3.63, 3.8) is 0 Å². The van der Waals surface area contributed by atoms with Crippen molar-refractivity contribution < 1.29 is 33.3 Å². The van der Waals surface area contributed by atoms with Crippen molar-refractivity contribution in [1.29, 1.82) is 0 Å². The molecule has 0 bridgehead atoms. The summed E-state index contributed by atoms with van der Waals surface area (Å²) in [6, 6.07) is 11.6. The molecule has 0 saturated carbocycles. The molecule has 2 aliphatic rings. The van der Waals surface area contributed by atoms with E-state index in [2.05, 4.69) is 10.6 Å². The van der Waals surface area contributed by atoms with Crippen LogP contribution < -0.4 is 15.4 Å². The number of carbonyl (C=O) groups is 2. The van der Waals surface area contributed by atoms with Gasteiger partial charge in [-0.25, -0.2) is 4.39 Å². The number of halogens is 1. The second-order valence-electron chi connectivity index (χ2n) is 8.21. The van der Waals surface area contributed by atoms with Gasteiger partial charge in [-0.1, -0.05) is 18.2 Å². The van der Waals surface area contributed by atoms with Gasteiger partial charge in [-0.15, -0.1) is 0 Å². The fourth-order valence-electron chi connectivity index (χ4n) is 4.41. The molecule has 2 aromatic rings. The fourth-order valence-corrected chi connectivity index (χ4v) is 4.41. The number of hydrogen-bond acceptors (Lipinski definition) is 6. The van der Waals surface area contributed by atoms with Gasteiger partial charge in [-0.2, -0.15) is 0 Å². The number of aliphatic hydroxyl groups excluding tert-OH is 1. The fraction of sp³-hybridized carbons (Fsp3) is 0.417. The first kappa shape index (κ1) is 23.2. The number of benzene rings is 2. The van der Waals surface area contributed by atoms with Crippen molar-refractivity contribution in [3.8, 4) is 5.75 Å². The largest absolute Gasteiger partial charge is 0.487 e. The lowest BCUT2D eigenvalue weighted by Crippen LogP contribution is -2.47. The highest BCUT2D eigenvalue weighted by Gasteiger charge is 2.46. The van der Waals surface area contributed by atoms with Crippen molar-refractivity contribution in [1.82, 2.24) is 5.32 Å². The number of nitrogens with one attached hydrogen (secondary N) is 2. The second-order valence-corrected chi connectivity index (χ2v) is 8.21. The standard InChI is InChI=1S/C24H27FN2O6/c1-31-13-23(30)27-15-6-7-20-17(8-15)18-9-16(32-21(12-28)24(18)33-20)10-22(29)26-11-14-4-2-3-5-19(14)25/h2-8,16,18,21,24,28H,9-13H2,1H3,(H,26,29)(H,27,30)/t16-,18+,21+,24-/m1/s1. The van der Waals surface area contributed by atoms with Crippen LogP contribution in [0.25, 0.3) is 0 Å². The number of amides is 2. The van der Waals surface area contributed by atoms with E-state index in [1.807, 2.05) is 6.07 Å². The van der Waals surface area contributed by atoms with Crippen LogP contribution in [0.3, 0.4) is 0 Å². The van der Waals surface area contributed by atoms with Crippen molar-refractivity contribution >= 4 is 17.5 Å². The normalized spacial score (nSPS) is 23.2. The maximum absolute atomic E-state index is 13.8. The summed E-state index contributed by atoms with van der Waals surface area (Å²) in [6.07, 6.45) is -0.824. The molecule has 0 radical (unpaired) electrons. The molecule has 0 aliphatic carbocycles. The summed E-state index contributed by atoms with van der Waals surface area (Å²) in [5, 5.41) is 15.4. The smallest absolute Gasteiger partial charge is 0.250 e. The van der Waals surface area contributed by atoms with Crippen LogP contribution >= 0.6 is 0 Å². The zero-order valence-corrected chi connectivity index (χ0v) is 18.3. The van der Waals surface area contributed by atoms with Gasteiger partial charge < -0.3 is 30.0 Å². The van der Waals surface area contributed by atoms with Crippen molar-refractivity contribution in [2.75, 3.05) is 25.6 Å². The Balaban J connectivity index is 1.42. The second kappa shape index (κ2) is 10.3. The topological polar surface area (TPSA) is 106 Å². The number of fused-ring (bicyclic) bond motifs is 3.